The topological polar surface area (TPSA) is 58.4 Å². The van der Waals surface area contributed by atoms with Crippen molar-refractivity contribution in [2.24, 2.45) is 11.7 Å². The van der Waals surface area contributed by atoms with Crippen molar-refractivity contribution in [3.63, 3.8) is 0 Å². The van der Waals surface area contributed by atoms with Gasteiger partial charge in [0.2, 0.25) is 0 Å². The Labute approximate surface area is 93.2 Å². The molecule has 0 bridgehead atoms. The Kier molecular flexibility index (Phi) is 5.65. The van der Waals surface area contributed by atoms with E-state index in [4.69, 9.17) is 5.73 Å². The highest BCUT2D eigenvalue weighted by atomic mass is 16.2. The number of urea groups is 1. The van der Waals surface area contributed by atoms with E-state index in [1.165, 1.54) is 0 Å². The van der Waals surface area contributed by atoms with Gasteiger partial charge in [0.25, 0.3) is 0 Å². The lowest BCUT2D eigenvalue weighted by molar-refractivity contribution is 0.184. The first-order valence-electron chi connectivity index (χ1n) is 5.57. The van der Waals surface area contributed by atoms with Crippen LogP contribution in [-0.4, -0.2) is 36.1 Å². The molecule has 0 radical (unpaired) electrons. The summed E-state index contributed by atoms with van der Waals surface area (Å²) in [4.78, 5) is 13.6. The van der Waals surface area contributed by atoms with Gasteiger partial charge in [0.15, 0.2) is 0 Å². The van der Waals surface area contributed by atoms with E-state index >= 15 is 0 Å². The van der Waals surface area contributed by atoms with Crippen molar-refractivity contribution in [2.75, 3.05) is 19.6 Å². The number of nitrogens with two attached hydrogens (primary N) is 1. The van der Waals surface area contributed by atoms with Gasteiger partial charge >= 0.3 is 6.03 Å². The second-order valence-electron chi connectivity index (χ2n) is 5.06. The van der Waals surface area contributed by atoms with Crippen LogP contribution in [0.4, 0.5) is 4.79 Å². The summed E-state index contributed by atoms with van der Waals surface area (Å²) >= 11 is 0. The molecule has 1 atom stereocenters. The van der Waals surface area contributed by atoms with Crippen LogP contribution in [0.15, 0.2) is 0 Å². The van der Waals surface area contributed by atoms with Gasteiger partial charge < -0.3 is 16.0 Å². The average molecular weight is 215 g/mol. The highest BCUT2D eigenvalue weighted by molar-refractivity contribution is 5.74. The molecule has 0 aliphatic heterocycles. The third kappa shape index (κ3) is 6.33. The van der Waals surface area contributed by atoms with Gasteiger partial charge in [-0.15, -0.1) is 0 Å². The number of hydrogen-bond donors (Lipinski definition) is 2. The number of rotatable bonds is 4. The lowest BCUT2D eigenvalue weighted by atomic mass is 10.1. The van der Waals surface area contributed by atoms with Crippen molar-refractivity contribution in [3.05, 3.63) is 0 Å². The zero-order chi connectivity index (χ0) is 12.1. The molecular formula is C11H25N3O. The SMILES string of the molecule is CCN(CC(C)CN)C(=O)NC(C)(C)C. The van der Waals surface area contributed by atoms with Gasteiger partial charge in [0.1, 0.15) is 0 Å². The zero-order valence-electron chi connectivity index (χ0n) is 10.6. The van der Waals surface area contributed by atoms with Gasteiger partial charge in [-0.25, -0.2) is 4.79 Å². The molecule has 3 N–H and O–H groups in total. The fourth-order valence-electron chi connectivity index (χ4n) is 1.21. The Balaban J connectivity index is 4.23. The fraction of sp³-hybridized carbons (Fsp3) is 0.909. The lowest BCUT2D eigenvalue weighted by Gasteiger charge is -2.29. The van der Waals surface area contributed by atoms with Crippen LogP contribution < -0.4 is 11.1 Å². The standard InChI is InChI=1S/C11H25N3O/c1-6-14(8-9(2)7-12)10(15)13-11(3,4)5/h9H,6-8,12H2,1-5H3,(H,13,15). The minimum Gasteiger partial charge on any atom is -0.333 e. The average Bonchev–Trinajstić information content (AvgIpc) is 2.10. The van der Waals surface area contributed by atoms with E-state index in [9.17, 15) is 4.79 Å². The maximum atomic E-state index is 11.8. The maximum Gasteiger partial charge on any atom is 0.317 e. The van der Waals surface area contributed by atoms with Crippen LogP contribution >= 0.6 is 0 Å². The fourth-order valence-corrected chi connectivity index (χ4v) is 1.21. The van der Waals surface area contributed by atoms with Gasteiger partial charge in [-0.05, 0) is 40.2 Å². The molecule has 90 valence electrons. The second-order valence-corrected chi connectivity index (χ2v) is 5.06. The first-order valence-corrected chi connectivity index (χ1v) is 5.57. The summed E-state index contributed by atoms with van der Waals surface area (Å²) < 4.78 is 0. The van der Waals surface area contributed by atoms with Crippen LogP contribution in [0, 0.1) is 5.92 Å². The van der Waals surface area contributed by atoms with Gasteiger partial charge in [-0.1, -0.05) is 6.92 Å². The van der Waals surface area contributed by atoms with E-state index in [0.717, 1.165) is 6.54 Å². The van der Waals surface area contributed by atoms with Crippen LogP contribution in [0.25, 0.3) is 0 Å². The summed E-state index contributed by atoms with van der Waals surface area (Å²) in [6, 6.07) is -0.00898. The Morgan fingerprint density at radius 2 is 2.00 bits per heavy atom. The third-order valence-electron chi connectivity index (χ3n) is 2.09. The third-order valence-corrected chi connectivity index (χ3v) is 2.09. The van der Waals surface area contributed by atoms with Crippen molar-refractivity contribution >= 4 is 6.03 Å². The van der Waals surface area contributed by atoms with Crippen LogP contribution in [0.1, 0.15) is 34.6 Å². The molecule has 4 heteroatoms. The van der Waals surface area contributed by atoms with Crippen LogP contribution in [-0.2, 0) is 0 Å². The number of amides is 2. The van der Waals surface area contributed by atoms with Gasteiger partial charge in [-0.3, -0.25) is 0 Å². The normalized spacial score (nSPS) is 13.5. The lowest BCUT2D eigenvalue weighted by Crippen LogP contribution is -2.49. The molecule has 0 aliphatic carbocycles. The number of carbonyl (C=O) groups excluding carboxylic acids is 1. The molecule has 0 saturated heterocycles. The summed E-state index contributed by atoms with van der Waals surface area (Å²) in [5.41, 5.74) is 5.36. The van der Waals surface area contributed by atoms with Crippen molar-refractivity contribution < 1.29 is 4.79 Å². The molecule has 0 spiro atoms. The minimum atomic E-state index is -0.184. The number of nitrogens with zero attached hydrogens (tertiary/aromatic N) is 1. The van der Waals surface area contributed by atoms with Crippen LogP contribution in [0.5, 0.6) is 0 Å². The molecule has 0 aromatic rings. The van der Waals surface area contributed by atoms with E-state index in [2.05, 4.69) is 5.32 Å². The van der Waals surface area contributed by atoms with Crippen molar-refractivity contribution in [2.45, 2.75) is 40.2 Å². The molecule has 1 unspecified atom stereocenters. The molecule has 2 amide bonds. The highest BCUT2D eigenvalue weighted by Crippen LogP contribution is 2.03. The molecule has 0 aromatic carbocycles. The Morgan fingerprint density at radius 1 is 1.47 bits per heavy atom. The Bertz CT molecular complexity index is 198. The van der Waals surface area contributed by atoms with E-state index in [0.29, 0.717) is 19.0 Å². The Hall–Kier alpha value is -0.770. The summed E-state index contributed by atoms with van der Waals surface area (Å²) in [5.74, 6) is 0.343. The molecule has 0 aromatic heterocycles. The molecule has 0 rings (SSSR count). The second kappa shape index (κ2) is 5.95. The van der Waals surface area contributed by atoms with E-state index in [-0.39, 0.29) is 11.6 Å². The zero-order valence-corrected chi connectivity index (χ0v) is 10.6. The van der Waals surface area contributed by atoms with Crippen molar-refractivity contribution in [1.82, 2.24) is 10.2 Å². The maximum absolute atomic E-state index is 11.8. The quantitative estimate of drug-likeness (QED) is 0.745. The van der Waals surface area contributed by atoms with Gasteiger partial charge in [0.05, 0.1) is 0 Å². The van der Waals surface area contributed by atoms with Crippen LogP contribution in [0.3, 0.4) is 0 Å². The summed E-state index contributed by atoms with van der Waals surface area (Å²) in [6.45, 7) is 12.0. The van der Waals surface area contributed by atoms with E-state index in [1.54, 1.807) is 4.90 Å². The molecular weight excluding hydrogens is 190 g/mol. The molecule has 0 fully saturated rings. The number of nitrogens with one attached hydrogen (secondary N) is 1. The van der Waals surface area contributed by atoms with Crippen LogP contribution in [0.2, 0.25) is 0 Å². The van der Waals surface area contributed by atoms with Gasteiger partial charge in [0, 0.05) is 18.6 Å². The summed E-state index contributed by atoms with van der Waals surface area (Å²) in [7, 11) is 0. The summed E-state index contributed by atoms with van der Waals surface area (Å²) in [6.07, 6.45) is 0. The Morgan fingerprint density at radius 3 is 2.33 bits per heavy atom. The predicted octanol–water partition coefficient (Wildman–Crippen LogP) is 1.41. The minimum absolute atomic E-state index is 0.00898. The highest BCUT2D eigenvalue weighted by Gasteiger charge is 2.19. The number of hydrogen-bond acceptors (Lipinski definition) is 2. The molecule has 0 saturated carbocycles. The summed E-state index contributed by atoms with van der Waals surface area (Å²) in [5, 5.41) is 2.95. The van der Waals surface area contributed by atoms with E-state index in [1.807, 2.05) is 34.6 Å². The largest absolute Gasteiger partial charge is 0.333 e. The van der Waals surface area contributed by atoms with Crippen molar-refractivity contribution in [3.8, 4) is 0 Å². The molecule has 15 heavy (non-hydrogen) atoms. The van der Waals surface area contributed by atoms with Crippen molar-refractivity contribution in [1.29, 1.82) is 0 Å². The first-order chi connectivity index (χ1) is 6.80. The predicted molar refractivity (Wildman–Crippen MR) is 63.8 cm³/mol. The first kappa shape index (κ1) is 14.2. The van der Waals surface area contributed by atoms with E-state index < -0.39 is 0 Å². The molecule has 4 nitrogen and oxygen atoms in total. The molecule has 0 heterocycles. The molecule has 0 aliphatic rings. The van der Waals surface area contributed by atoms with Gasteiger partial charge in [-0.2, -0.15) is 0 Å². The monoisotopic (exact) mass is 215 g/mol. The smallest absolute Gasteiger partial charge is 0.317 e. The number of carbonyl (C=O) groups is 1.